The van der Waals surface area contributed by atoms with E-state index in [1.54, 1.807) is 7.11 Å². The second-order valence-electron chi connectivity index (χ2n) is 5.56. The van der Waals surface area contributed by atoms with Gasteiger partial charge in [-0.05, 0) is 24.6 Å². The Balaban J connectivity index is 2.96. The van der Waals surface area contributed by atoms with E-state index in [9.17, 15) is 0 Å². The number of rotatable bonds is 7. The molecule has 19 heavy (non-hydrogen) atoms. The van der Waals surface area contributed by atoms with Crippen LogP contribution < -0.4 is 15.4 Å². The lowest BCUT2D eigenvalue weighted by molar-refractivity contribution is 0.396. The lowest BCUT2D eigenvalue weighted by Crippen LogP contribution is -2.33. The van der Waals surface area contributed by atoms with E-state index in [4.69, 9.17) is 4.74 Å². The Kier molecular flexibility index (Phi) is 6.32. The van der Waals surface area contributed by atoms with E-state index in [1.165, 1.54) is 11.1 Å². The third-order valence-corrected chi connectivity index (χ3v) is 3.38. The Morgan fingerprint density at radius 1 is 1.16 bits per heavy atom. The van der Waals surface area contributed by atoms with E-state index in [-0.39, 0.29) is 6.04 Å². The summed E-state index contributed by atoms with van der Waals surface area (Å²) in [6.45, 7) is 9.61. The topological polar surface area (TPSA) is 33.3 Å². The largest absolute Gasteiger partial charge is 0.496 e. The molecule has 0 aromatic heterocycles. The average molecular weight is 264 g/mol. The van der Waals surface area contributed by atoms with Crippen molar-refractivity contribution in [3.8, 4) is 5.75 Å². The predicted molar refractivity (Wildman–Crippen MR) is 82.0 cm³/mol. The minimum Gasteiger partial charge on any atom is -0.496 e. The summed E-state index contributed by atoms with van der Waals surface area (Å²) in [5.41, 5.74) is 2.52. The molecule has 0 saturated carbocycles. The molecule has 0 radical (unpaired) electrons. The van der Waals surface area contributed by atoms with Crippen LogP contribution in [0.2, 0.25) is 0 Å². The van der Waals surface area contributed by atoms with Gasteiger partial charge in [0.05, 0.1) is 7.11 Å². The molecule has 0 aliphatic heterocycles. The standard InChI is InChI=1S/C16H28N2O/c1-11(2)13-7-8-14(16(9-13)19-6)15(17-5)10-18-12(3)4/h7-9,11-12,15,17-18H,10H2,1-6H3. The smallest absolute Gasteiger partial charge is 0.123 e. The fraction of sp³-hybridized carbons (Fsp3) is 0.625. The summed E-state index contributed by atoms with van der Waals surface area (Å²) in [6.07, 6.45) is 0. The van der Waals surface area contributed by atoms with Gasteiger partial charge in [0.2, 0.25) is 0 Å². The van der Waals surface area contributed by atoms with Crippen molar-refractivity contribution in [3.63, 3.8) is 0 Å². The van der Waals surface area contributed by atoms with E-state index in [0.717, 1.165) is 12.3 Å². The Morgan fingerprint density at radius 3 is 2.32 bits per heavy atom. The van der Waals surface area contributed by atoms with E-state index >= 15 is 0 Å². The third kappa shape index (κ3) is 4.51. The number of hydrogen-bond acceptors (Lipinski definition) is 3. The molecule has 0 amide bonds. The molecule has 0 heterocycles. The highest BCUT2D eigenvalue weighted by atomic mass is 16.5. The zero-order valence-electron chi connectivity index (χ0n) is 13.1. The van der Waals surface area contributed by atoms with Crippen LogP contribution in [0.15, 0.2) is 18.2 Å². The molecule has 1 aromatic rings. The third-order valence-electron chi connectivity index (χ3n) is 3.38. The van der Waals surface area contributed by atoms with Crippen LogP contribution in [0.4, 0.5) is 0 Å². The molecule has 0 fully saturated rings. The molecule has 0 spiro atoms. The first-order valence-corrected chi connectivity index (χ1v) is 7.08. The first-order valence-electron chi connectivity index (χ1n) is 7.08. The van der Waals surface area contributed by atoms with Crippen molar-refractivity contribution in [2.45, 2.75) is 45.7 Å². The summed E-state index contributed by atoms with van der Waals surface area (Å²) in [5, 5.41) is 6.82. The van der Waals surface area contributed by atoms with E-state index < -0.39 is 0 Å². The fourth-order valence-corrected chi connectivity index (χ4v) is 2.10. The summed E-state index contributed by atoms with van der Waals surface area (Å²) in [7, 11) is 3.73. The van der Waals surface area contributed by atoms with Gasteiger partial charge in [0, 0.05) is 24.2 Å². The Hall–Kier alpha value is -1.06. The molecule has 3 heteroatoms. The van der Waals surface area contributed by atoms with E-state index in [0.29, 0.717) is 12.0 Å². The summed E-state index contributed by atoms with van der Waals surface area (Å²) in [5.74, 6) is 1.49. The number of likely N-dealkylation sites (N-methyl/N-ethyl adjacent to an activating group) is 1. The minimum absolute atomic E-state index is 0.263. The van der Waals surface area contributed by atoms with Crippen molar-refractivity contribution in [3.05, 3.63) is 29.3 Å². The van der Waals surface area contributed by atoms with Gasteiger partial charge in [0.1, 0.15) is 5.75 Å². The van der Waals surface area contributed by atoms with Crippen LogP contribution in [-0.2, 0) is 0 Å². The summed E-state index contributed by atoms with van der Waals surface area (Å²) >= 11 is 0. The number of ether oxygens (including phenoxy) is 1. The average Bonchev–Trinajstić information content (AvgIpc) is 2.39. The number of nitrogens with one attached hydrogen (secondary N) is 2. The molecule has 0 bridgehead atoms. The Labute approximate surface area is 117 Å². The van der Waals surface area contributed by atoms with Crippen LogP contribution >= 0.6 is 0 Å². The molecule has 1 unspecified atom stereocenters. The van der Waals surface area contributed by atoms with Crippen LogP contribution in [-0.4, -0.2) is 26.7 Å². The van der Waals surface area contributed by atoms with Crippen LogP contribution in [0.3, 0.4) is 0 Å². The summed E-state index contributed by atoms with van der Waals surface area (Å²) < 4.78 is 5.56. The first-order chi connectivity index (χ1) is 8.99. The lowest BCUT2D eigenvalue weighted by Gasteiger charge is -2.22. The monoisotopic (exact) mass is 264 g/mol. The van der Waals surface area contributed by atoms with Crippen molar-refractivity contribution in [1.82, 2.24) is 10.6 Å². The predicted octanol–water partition coefficient (Wildman–Crippen LogP) is 3.08. The fourth-order valence-electron chi connectivity index (χ4n) is 2.10. The van der Waals surface area contributed by atoms with Gasteiger partial charge >= 0.3 is 0 Å². The van der Waals surface area contributed by atoms with Gasteiger partial charge in [0.15, 0.2) is 0 Å². The van der Waals surface area contributed by atoms with Crippen molar-refractivity contribution < 1.29 is 4.74 Å². The van der Waals surface area contributed by atoms with Gasteiger partial charge in [-0.3, -0.25) is 0 Å². The molecule has 3 nitrogen and oxygen atoms in total. The molecule has 0 aliphatic carbocycles. The van der Waals surface area contributed by atoms with Gasteiger partial charge in [-0.15, -0.1) is 0 Å². The molecule has 1 aromatic carbocycles. The van der Waals surface area contributed by atoms with E-state index in [1.807, 2.05) is 7.05 Å². The zero-order chi connectivity index (χ0) is 14.4. The van der Waals surface area contributed by atoms with Crippen molar-refractivity contribution in [2.24, 2.45) is 0 Å². The zero-order valence-corrected chi connectivity index (χ0v) is 13.1. The molecular formula is C16H28N2O. The number of hydrogen-bond donors (Lipinski definition) is 2. The van der Waals surface area contributed by atoms with Crippen molar-refractivity contribution in [1.29, 1.82) is 0 Å². The number of benzene rings is 1. The van der Waals surface area contributed by atoms with Crippen molar-refractivity contribution >= 4 is 0 Å². The van der Waals surface area contributed by atoms with Gasteiger partial charge in [-0.1, -0.05) is 39.8 Å². The van der Waals surface area contributed by atoms with Gasteiger partial charge in [-0.25, -0.2) is 0 Å². The van der Waals surface area contributed by atoms with Gasteiger partial charge in [0.25, 0.3) is 0 Å². The lowest BCUT2D eigenvalue weighted by atomic mass is 9.97. The van der Waals surface area contributed by atoms with Crippen LogP contribution in [0.25, 0.3) is 0 Å². The number of methoxy groups -OCH3 is 1. The molecule has 0 saturated heterocycles. The second kappa shape index (κ2) is 7.51. The maximum absolute atomic E-state index is 5.56. The van der Waals surface area contributed by atoms with Gasteiger partial charge < -0.3 is 15.4 Å². The molecule has 1 rings (SSSR count). The highest BCUT2D eigenvalue weighted by Crippen LogP contribution is 2.28. The normalized spacial score (nSPS) is 13.1. The highest BCUT2D eigenvalue weighted by Gasteiger charge is 2.15. The van der Waals surface area contributed by atoms with Crippen LogP contribution in [0.5, 0.6) is 5.75 Å². The molecule has 1 atom stereocenters. The summed E-state index contributed by atoms with van der Waals surface area (Å²) in [6, 6.07) is 7.27. The molecule has 0 aliphatic rings. The van der Waals surface area contributed by atoms with E-state index in [2.05, 4.69) is 56.5 Å². The Morgan fingerprint density at radius 2 is 1.84 bits per heavy atom. The maximum Gasteiger partial charge on any atom is 0.123 e. The highest BCUT2D eigenvalue weighted by molar-refractivity contribution is 5.40. The molecule has 2 N–H and O–H groups in total. The van der Waals surface area contributed by atoms with Crippen LogP contribution in [0.1, 0.15) is 50.8 Å². The molecule has 108 valence electrons. The summed E-state index contributed by atoms with van der Waals surface area (Å²) in [4.78, 5) is 0. The quantitative estimate of drug-likeness (QED) is 0.794. The van der Waals surface area contributed by atoms with Crippen molar-refractivity contribution in [2.75, 3.05) is 20.7 Å². The molecular weight excluding hydrogens is 236 g/mol. The Bertz CT molecular complexity index is 388. The van der Waals surface area contributed by atoms with Gasteiger partial charge in [-0.2, -0.15) is 0 Å². The maximum atomic E-state index is 5.56. The minimum atomic E-state index is 0.263. The van der Waals surface area contributed by atoms with Crippen LogP contribution in [0, 0.1) is 0 Å². The SMILES string of the molecule is CNC(CNC(C)C)c1ccc(C(C)C)cc1OC. The second-order valence-corrected chi connectivity index (χ2v) is 5.56. The first kappa shape index (κ1) is 16.0.